The molecule has 15 heavy (non-hydrogen) atoms. The lowest BCUT2D eigenvalue weighted by Gasteiger charge is -2.07. The molecule has 1 aromatic carbocycles. The van der Waals surface area contributed by atoms with E-state index < -0.39 is 0 Å². The van der Waals surface area contributed by atoms with Gasteiger partial charge in [-0.15, -0.1) is 0 Å². The highest BCUT2D eigenvalue weighted by Crippen LogP contribution is 2.12. The molecular formula is C11H17NO3. The highest BCUT2D eigenvalue weighted by atomic mass is 16.7. The Kier molecular flexibility index (Phi) is 5.77. The number of methoxy groups -OCH3 is 1. The summed E-state index contributed by atoms with van der Waals surface area (Å²) in [7, 11) is 1.63. The third-order valence-corrected chi connectivity index (χ3v) is 1.87. The molecule has 0 aliphatic rings. The van der Waals surface area contributed by atoms with Crippen molar-refractivity contribution < 1.29 is 14.2 Å². The molecule has 0 amide bonds. The minimum Gasteiger partial charge on any atom is -0.468 e. The lowest BCUT2D eigenvalue weighted by atomic mass is 10.2. The summed E-state index contributed by atoms with van der Waals surface area (Å²) in [5.41, 5.74) is 6.56. The molecule has 2 N–H and O–H groups in total. The molecule has 4 heteroatoms. The largest absolute Gasteiger partial charge is 0.468 e. The molecule has 0 spiro atoms. The van der Waals surface area contributed by atoms with Crippen molar-refractivity contribution in [1.82, 2.24) is 0 Å². The summed E-state index contributed by atoms with van der Waals surface area (Å²) >= 11 is 0. The van der Waals surface area contributed by atoms with E-state index in [1.807, 2.05) is 24.3 Å². The van der Waals surface area contributed by atoms with Gasteiger partial charge in [0.25, 0.3) is 0 Å². The Hall–Kier alpha value is -1.10. The molecule has 1 rings (SSSR count). The van der Waals surface area contributed by atoms with Crippen LogP contribution in [0, 0.1) is 0 Å². The van der Waals surface area contributed by atoms with Crippen LogP contribution in [-0.4, -0.2) is 27.1 Å². The third kappa shape index (κ3) is 4.78. The highest BCUT2D eigenvalue weighted by Gasteiger charge is 1.95. The Morgan fingerprint density at radius 1 is 1.27 bits per heavy atom. The van der Waals surface area contributed by atoms with E-state index >= 15 is 0 Å². The van der Waals surface area contributed by atoms with Crippen molar-refractivity contribution in [2.45, 2.75) is 6.54 Å². The average molecular weight is 211 g/mol. The van der Waals surface area contributed by atoms with Crippen molar-refractivity contribution in [2.75, 3.05) is 27.1 Å². The first-order valence-electron chi connectivity index (χ1n) is 4.85. The molecule has 0 atom stereocenters. The Labute approximate surface area is 89.9 Å². The topological polar surface area (TPSA) is 53.7 Å². The minimum absolute atomic E-state index is 0.234. The van der Waals surface area contributed by atoms with Crippen molar-refractivity contribution in [3.8, 4) is 5.75 Å². The van der Waals surface area contributed by atoms with Gasteiger partial charge in [-0.2, -0.15) is 0 Å². The van der Waals surface area contributed by atoms with Crippen molar-refractivity contribution in [3.05, 3.63) is 29.8 Å². The van der Waals surface area contributed by atoms with Crippen LogP contribution in [0.15, 0.2) is 24.3 Å². The summed E-state index contributed by atoms with van der Waals surface area (Å²) < 4.78 is 15.4. The van der Waals surface area contributed by atoms with Gasteiger partial charge in [-0.05, 0) is 17.7 Å². The number of nitrogens with two attached hydrogens (primary N) is 1. The van der Waals surface area contributed by atoms with Gasteiger partial charge in [0, 0.05) is 13.7 Å². The molecule has 0 aliphatic heterocycles. The van der Waals surface area contributed by atoms with E-state index in [9.17, 15) is 0 Å². The van der Waals surface area contributed by atoms with Crippen LogP contribution in [0.4, 0.5) is 0 Å². The molecule has 4 nitrogen and oxygen atoms in total. The van der Waals surface area contributed by atoms with Gasteiger partial charge in [-0.25, -0.2) is 0 Å². The van der Waals surface area contributed by atoms with Crippen LogP contribution >= 0.6 is 0 Å². The standard InChI is InChI=1S/C11H17NO3/c1-13-5-6-14-9-15-11-4-2-3-10(7-11)8-12/h2-4,7H,5-6,8-9,12H2,1H3. The van der Waals surface area contributed by atoms with Crippen molar-refractivity contribution in [1.29, 1.82) is 0 Å². The van der Waals surface area contributed by atoms with E-state index in [2.05, 4.69) is 0 Å². The third-order valence-electron chi connectivity index (χ3n) is 1.87. The SMILES string of the molecule is COCCOCOc1cccc(CN)c1. The second kappa shape index (κ2) is 7.23. The zero-order valence-electron chi connectivity index (χ0n) is 8.94. The Morgan fingerprint density at radius 3 is 2.87 bits per heavy atom. The van der Waals surface area contributed by atoms with E-state index in [0.29, 0.717) is 19.8 Å². The van der Waals surface area contributed by atoms with Crippen LogP contribution in [0.3, 0.4) is 0 Å². The smallest absolute Gasteiger partial charge is 0.189 e. The lowest BCUT2D eigenvalue weighted by molar-refractivity contribution is -0.00849. The Morgan fingerprint density at radius 2 is 2.13 bits per heavy atom. The molecule has 0 unspecified atom stereocenters. The Balaban J connectivity index is 2.24. The minimum atomic E-state index is 0.234. The van der Waals surface area contributed by atoms with Gasteiger partial charge in [0.05, 0.1) is 13.2 Å². The van der Waals surface area contributed by atoms with Gasteiger partial charge in [-0.1, -0.05) is 12.1 Å². The van der Waals surface area contributed by atoms with Crippen LogP contribution in [0.2, 0.25) is 0 Å². The molecule has 0 aliphatic carbocycles. The molecule has 84 valence electrons. The molecule has 1 aromatic rings. The zero-order valence-corrected chi connectivity index (χ0v) is 8.94. The molecule has 0 radical (unpaired) electrons. The van der Waals surface area contributed by atoms with Crippen LogP contribution in [0.5, 0.6) is 5.75 Å². The molecule has 0 fully saturated rings. The maximum absolute atomic E-state index is 5.51. The number of rotatable bonds is 7. The van der Waals surface area contributed by atoms with Crippen LogP contribution in [-0.2, 0) is 16.0 Å². The van der Waals surface area contributed by atoms with Gasteiger partial charge >= 0.3 is 0 Å². The average Bonchev–Trinajstić information content (AvgIpc) is 2.29. The second-order valence-corrected chi connectivity index (χ2v) is 3.01. The second-order valence-electron chi connectivity index (χ2n) is 3.01. The number of hydrogen-bond acceptors (Lipinski definition) is 4. The molecular weight excluding hydrogens is 194 g/mol. The summed E-state index contributed by atoms with van der Waals surface area (Å²) in [5.74, 6) is 0.773. The van der Waals surface area contributed by atoms with Gasteiger partial charge in [0.2, 0.25) is 0 Å². The molecule has 0 saturated carbocycles. The molecule has 0 aromatic heterocycles. The predicted molar refractivity (Wildman–Crippen MR) is 57.7 cm³/mol. The van der Waals surface area contributed by atoms with E-state index in [-0.39, 0.29) is 6.79 Å². The van der Waals surface area contributed by atoms with Gasteiger partial charge in [-0.3, -0.25) is 0 Å². The van der Waals surface area contributed by atoms with E-state index in [1.165, 1.54) is 0 Å². The molecule has 0 saturated heterocycles. The zero-order chi connectivity index (χ0) is 10.9. The lowest BCUT2D eigenvalue weighted by Crippen LogP contribution is -2.08. The summed E-state index contributed by atoms with van der Waals surface area (Å²) in [5, 5.41) is 0. The summed E-state index contributed by atoms with van der Waals surface area (Å²) in [6, 6.07) is 7.64. The first-order valence-corrected chi connectivity index (χ1v) is 4.85. The monoisotopic (exact) mass is 211 g/mol. The van der Waals surface area contributed by atoms with Crippen molar-refractivity contribution >= 4 is 0 Å². The maximum atomic E-state index is 5.51. The maximum Gasteiger partial charge on any atom is 0.189 e. The molecule has 0 bridgehead atoms. The van der Waals surface area contributed by atoms with Crippen LogP contribution in [0.25, 0.3) is 0 Å². The summed E-state index contributed by atoms with van der Waals surface area (Å²) in [4.78, 5) is 0. The van der Waals surface area contributed by atoms with Gasteiger partial charge in [0.1, 0.15) is 5.75 Å². The quantitative estimate of drug-likeness (QED) is 0.543. The fraction of sp³-hybridized carbons (Fsp3) is 0.455. The fourth-order valence-electron chi connectivity index (χ4n) is 1.07. The van der Waals surface area contributed by atoms with Crippen molar-refractivity contribution in [3.63, 3.8) is 0 Å². The van der Waals surface area contributed by atoms with Gasteiger partial charge < -0.3 is 19.9 Å². The van der Waals surface area contributed by atoms with E-state index in [4.69, 9.17) is 19.9 Å². The normalized spacial score (nSPS) is 10.3. The van der Waals surface area contributed by atoms with E-state index in [0.717, 1.165) is 11.3 Å². The first-order chi connectivity index (χ1) is 7.36. The van der Waals surface area contributed by atoms with E-state index in [1.54, 1.807) is 7.11 Å². The summed E-state index contributed by atoms with van der Waals surface area (Å²) in [6.07, 6.45) is 0. The van der Waals surface area contributed by atoms with Crippen LogP contribution < -0.4 is 10.5 Å². The number of ether oxygens (including phenoxy) is 3. The van der Waals surface area contributed by atoms with Crippen LogP contribution in [0.1, 0.15) is 5.56 Å². The predicted octanol–water partition coefficient (Wildman–Crippen LogP) is 1.14. The summed E-state index contributed by atoms with van der Waals surface area (Å²) in [6.45, 7) is 1.86. The fourth-order valence-corrected chi connectivity index (χ4v) is 1.07. The van der Waals surface area contributed by atoms with Gasteiger partial charge in [0.15, 0.2) is 6.79 Å². The number of benzene rings is 1. The Bertz CT molecular complexity index is 278. The first kappa shape index (κ1) is 12.0. The van der Waals surface area contributed by atoms with Crippen molar-refractivity contribution in [2.24, 2.45) is 5.73 Å². The number of hydrogen-bond donors (Lipinski definition) is 1. The highest BCUT2D eigenvalue weighted by molar-refractivity contribution is 5.28. The molecule has 0 heterocycles.